The number of aryl methyl sites for hydroxylation is 2. The fourth-order valence-electron chi connectivity index (χ4n) is 2.63. The van der Waals surface area contributed by atoms with Crippen molar-refractivity contribution in [2.45, 2.75) is 53.4 Å². The van der Waals surface area contributed by atoms with Crippen LogP contribution in [0, 0.1) is 13.8 Å². The predicted octanol–water partition coefficient (Wildman–Crippen LogP) is 2.69. The van der Waals surface area contributed by atoms with Crippen LogP contribution < -0.4 is 5.32 Å². The molecule has 21 heavy (non-hydrogen) atoms. The molecule has 0 atom stereocenters. The first-order valence-corrected chi connectivity index (χ1v) is 7.58. The molecule has 4 nitrogen and oxygen atoms in total. The molecule has 0 amide bonds. The van der Waals surface area contributed by atoms with E-state index >= 15 is 0 Å². The second-order valence-electron chi connectivity index (χ2n) is 5.40. The normalized spacial score (nSPS) is 11.0. The third kappa shape index (κ3) is 3.71. The van der Waals surface area contributed by atoms with Gasteiger partial charge in [0.05, 0.1) is 12.3 Å². The number of benzene rings is 1. The minimum atomic E-state index is 0.0876. The Morgan fingerprint density at radius 1 is 1.14 bits per heavy atom. The molecule has 114 valence electrons. The molecular formula is C17H25N3O. The maximum absolute atomic E-state index is 9.34. The molecule has 0 radical (unpaired) electrons. The first-order valence-electron chi connectivity index (χ1n) is 7.58. The highest BCUT2D eigenvalue weighted by Crippen LogP contribution is 2.14. The van der Waals surface area contributed by atoms with Crippen molar-refractivity contribution in [1.29, 1.82) is 0 Å². The van der Waals surface area contributed by atoms with Crippen molar-refractivity contribution in [3.8, 4) is 0 Å². The smallest absolute Gasteiger partial charge is 0.0685 e. The number of aromatic nitrogens is 2. The topological polar surface area (TPSA) is 50.1 Å². The van der Waals surface area contributed by atoms with E-state index in [0.29, 0.717) is 0 Å². The molecule has 1 heterocycles. The van der Waals surface area contributed by atoms with E-state index in [1.807, 2.05) is 18.2 Å². The van der Waals surface area contributed by atoms with Gasteiger partial charge < -0.3 is 10.4 Å². The van der Waals surface area contributed by atoms with Crippen LogP contribution in [0.4, 0.5) is 0 Å². The van der Waals surface area contributed by atoms with Crippen LogP contribution in [0.3, 0.4) is 0 Å². The summed E-state index contributed by atoms with van der Waals surface area (Å²) in [5.41, 5.74) is 5.77. The van der Waals surface area contributed by atoms with Crippen molar-refractivity contribution in [1.82, 2.24) is 15.1 Å². The SMILES string of the molecule is CCCn1nc(C)c(CNCc2ccccc2CO)c1C. The Hall–Kier alpha value is -1.65. The van der Waals surface area contributed by atoms with Crippen LogP contribution in [0.1, 0.15) is 41.4 Å². The molecule has 1 aromatic heterocycles. The van der Waals surface area contributed by atoms with Gasteiger partial charge in [-0.05, 0) is 31.4 Å². The van der Waals surface area contributed by atoms with E-state index in [-0.39, 0.29) is 6.61 Å². The van der Waals surface area contributed by atoms with Gasteiger partial charge in [0.25, 0.3) is 0 Å². The number of aliphatic hydroxyl groups excluding tert-OH is 1. The summed E-state index contributed by atoms with van der Waals surface area (Å²) >= 11 is 0. The van der Waals surface area contributed by atoms with Crippen molar-refractivity contribution in [3.05, 3.63) is 52.3 Å². The largest absolute Gasteiger partial charge is 0.392 e. The molecule has 1 aromatic carbocycles. The summed E-state index contributed by atoms with van der Waals surface area (Å²) in [6.45, 7) is 8.99. The van der Waals surface area contributed by atoms with E-state index in [2.05, 4.69) is 41.9 Å². The predicted molar refractivity (Wildman–Crippen MR) is 84.9 cm³/mol. The first kappa shape index (κ1) is 15.7. The number of nitrogens with zero attached hydrogens (tertiary/aromatic N) is 2. The molecule has 0 aliphatic heterocycles. The Balaban J connectivity index is 2.00. The maximum Gasteiger partial charge on any atom is 0.0685 e. The number of aliphatic hydroxyl groups is 1. The maximum atomic E-state index is 9.34. The van der Waals surface area contributed by atoms with E-state index in [1.165, 1.54) is 11.3 Å². The summed E-state index contributed by atoms with van der Waals surface area (Å²) in [6.07, 6.45) is 1.10. The van der Waals surface area contributed by atoms with Crippen LogP contribution >= 0.6 is 0 Å². The lowest BCUT2D eigenvalue weighted by Gasteiger charge is -2.09. The molecule has 0 fully saturated rings. The Morgan fingerprint density at radius 2 is 1.86 bits per heavy atom. The van der Waals surface area contributed by atoms with Crippen LogP contribution in [0.5, 0.6) is 0 Å². The molecule has 0 spiro atoms. The number of rotatable bonds is 7. The van der Waals surface area contributed by atoms with E-state index in [4.69, 9.17) is 0 Å². The van der Waals surface area contributed by atoms with Gasteiger partial charge in [-0.1, -0.05) is 31.2 Å². The quantitative estimate of drug-likeness (QED) is 0.823. The average Bonchev–Trinajstić information content (AvgIpc) is 2.75. The molecule has 2 rings (SSSR count). The van der Waals surface area contributed by atoms with Gasteiger partial charge in [0, 0.05) is 30.9 Å². The van der Waals surface area contributed by atoms with Crippen LogP contribution in [0.25, 0.3) is 0 Å². The summed E-state index contributed by atoms with van der Waals surface area (Å²) in [5.74, 6) is 0. The second kappa shape index (κ2) is 7.38. The molecule has 4 heteroatoms. The average molecular weight is 287 g/mol. The highest BCUT2D eigenvalue weighted by atomic mass is 16.3. The number of hydrogen-bond acceptors (Lipinski definition) is 3. The summed E-state index contributed by atoms with van der Waals surface area (Å²) in [7, 11) is 0. The molecule has 0 saturated heterocycles. The molecule has 2 N–H and O–H groups in total. The van der Waals surface area contributed by atoms with Crippen molar-refractivity contribution in [3.63, 3.8) is 0 Å². The highest BCUT2D eigenvalue weighted by Gasteiger charge is 2.10. The van der Waals surface area contributed by atoms with Crippen LogP contribution in [-0.4, -0.2) is 14.9 Å². The lowest BCUT2D eigenvalue weighted by molar-refractivity contribution is 0.280. The fourth-order valence-corrected chi connectivity index (χ4v) is 2.63. The van der Waals surface area contributed by atoms with Crippen LogP contribution in [0.2, 0.25) is 0 Å². The van der Waals surface area contributed by atoms with Gasteiger partial charge in [0.2, 0.25) is 0 Å². The van der Waals surface area contributed by atoms with Gasteiger partial charge in [0.1, 0.15) is 0 Å². The molecule has 0 unspecified atom stereocenters. The van der Waals surface area contributed by atoms with Gasteiger partial charge in [-0.25, -0.2) is 0 Å². The van der Waals surface area contributed by atoms with Crippen LogP contribution in [-0.2, 0) is 26.2 Å². The van der Waals surface area contributed by atoms with Crippen molar-refractivity contribution in [2.75, 3.05) is 0 Å². The Kier molecular flexibility index (Phi) is 5.53. The van der Waals surface area contributed by atoms with Crippen molar-refractivity contribution >= 4 is 0 Å². The van der Waals surface area contributed by atoms with Gasteiger partial charge in [0.15, 0.2) is 0 Å². The third-order valence-corrected chi connectivity index (χ3v) is 3.87. The Morgan fingerprint density at radius 3 is 2.52 bits per heavy atom. The molecular weight excluding hydrogens is 262 g/mol. The molecule has 0 bridgehead atoms. The van der Waals surface area contributed by atoms with Gasteiger partial charge in [-0.3, -0.25) is 4.68 Å². The number of nitrogens with one attached hydrogen (secondary N) is 1. The summed E-state index contributed by atoms with van der Waals surface area (Å²) in [5, 5.41) is 17.4. The van der Waals surface area contributed by atoms with Crippen LogP contribution in [0.15, 0.2) is 24.3 Å². The van der Waals surface area contributed by atoms with E-state index in [1.54, 1.807) is 0 Å². The van der Waals surface area contributed by atoms with E-state index < -0.39 is 0 Å². The fraction of sp³-hybridized carbons (Fsp3) is 0.471. The zero-order chi connectivity index (χ0) is 15.2. The molecule has 0 aliphatic rings. The zero-order valence-corrected chi connectivity index (χ0v) is 13.2. The number of hydrogen-bond donors (Lipinski definition) is 2. The van der Waals surface area contributed by atoms with Gasteiger partial charge in [-0.2, -0.15) is 5.10 Å². The first-order chi connectivity index (χ1) is 10.2. The monoisotopic (exact) mass is 287 g/mol. The van der Waals surface area contributed by atoms with Crippen molar-refractivity contribution in [2.24, 2.45) is 0 Å². The minimum Gasteiger partial charge on any atom is -0.392 e. The zero-order valence-electron chi connectivity index (χ0n) is 13.2. The summed E-state index contributed by atoms with van der Waals surface area (Å²) < 4.78 is 2.09. The Bertz CT molecular complexity index is 590. The standard InChI is InChI=1S/C17H25N3O/c1-4-9-20-14(3)17(13(2)19-20)11-18-10-15-7-5-6-8-16(15)12-21/h5-8,18,21H,4,9-12H2,1-3H3. The highest BCUT2D eigenvalue weighted by molar-refractivity contribution is 5.27. The van der Waals surface area contributed by atoms with Crippen molar-refractivity contribution < 1.29 is 5.11 Å². The molecule has 0 aliphatic carbocycles. The molecule has 2 aromatic rings. The second-order valence-corrected chi connectivity index (χ2v) is 5.40. The van der Waals surface area contributed by atoms with E-state index in [9.17, 15) is 5.11 Å². The minimum absolute atomic E-state index is 0.0876. The van der Waals surface area contributed by atoms with E-state index in [0.717, 1.165) is 42.9 Å². The summed E-state index contributed by atoms with van der Waals surface area (Å²) in [4.78, 5) is 0. The summed E-state index contributed by atoms with van der Waals surface area (Å²) in [6, 6.07) is 7.98. The Labute approximate surface area is 126 Å². The lowest BCUT2D eigenvalue weighted by Crippen LogP contribution is -2.15. The van der Waals surface area contributed by atoms with Gasteiger partial charge >= 0.3 is 0 Å². The molecule has 0 saturated carbocycles. The van der Waals surface area contributed by atoms with Gasteiger partial charge in [-0.15, -0.1) is 0 Å². The third-order valence-electron chi connectivity index (χ3n) is 3.87. The lowest BCUT2D eigenvalue weighted by atomic mass is 10.1.